The van der Waals surface area contributed by atoms with Crippen LogP contribution < -0.4 is 10.6 Å². The number of benzene rings is 1. The van der Waals surface area contributed by atoms with Gasteiger partial charge in [-0.2, -0.15) is 0 Å². The summed E-state index contributed by atoms with van der Waals surface area (Å²) in [6, 6.07) is 4.61. The van der Waals surface area contributed by atoms with Crippen LogP contribution in [0.3, 0.4) is 0 Å². The standard InChI is InChI=1S/C17H20N4O4S/c1-3-4-5-6-14(22)12-9-11(2)7-8-13(12)19-16(23)20-17-18-10-15(26-17)21(24)25/h7-10H,3-6H2,1-2H3,(H2,18,19,20,23). The van der Waals surface area contributed by atoms with Crippen molar-refractivity contribution in [3.8, 4) is 0 Å². The van der Waals surface area contributed by atoms with E-state index in [4.69, 9.17) is 0 Å². The van der Waals surface area contributed by atoms with Gasteiger partial charge in [0.05, 0.1) is 10.6 Å². The molecule has 26 heavy (non-hydrogen) atoms. The number of carbonyl (C=O) groups excluding carboxylic acids is 2. The second-order valence-corrected chi connectivity index (χ2v) is 6.78. The Kier molecular flexibility index (Phi) is 6.79. The van der Waals surface area contributed by atoms with E-state index in [2.05, 4.69) is 22.5 Å². The van der Waals surface area contributed by atoms with E-state index in [1.807, 2.05) is 6.92 Å². The van der Waals surface area contributed by atoms with Gasteiger partial charge in [-0.1, -0.05) is 31.4 Å². The number of nitro groups is 1. The molecule has 2 rings (SSSR count). The van der Waals surface area contributed by atoms with Crippen LogP contribution in [0.2, 0.25) is 0 Å². The van der Waals surface area contributed by atoms with Crippen molar-refractivity contribution in [3.05, 3.63) is 45.6 Å². The lowest BCUT2D eigenvalue weighted by Gasteiger charge is -2.11. The van der Waals surface area contributed by atoms with Crippen LogP contribution in [0.4, 0.5) is 20.6 Å². The van der Waals surface area contributed by atoms with Crippen LogP contribution in [-0.2, 0) is 0 Å². The Morgan fingerprint density at radius 2 is 2.04 bits per heavy atom. The Balaban J connectivity index is 2.08. The topological polar surface area (TPSA) is 114 Å². The van der Waals surface area contributed by atoms with Crippen LogP contribution in [-0.4, -0.2) is 21.7 Å². The maximum atomic E-state index is 12.5. The summed E-state index contributed by atoms with van der Waals surface area (Å²) < 4.78 is 0. The molecule has 0 spiro atoms. The predicted octanol–water partition coefficient (Wildman–Crippen LogP) is 4.77. The van der Waals surface area contributed by atoms with E-state index in [0.29, 0.717) is 17.7 Å². The Morgan fingerprint density at radius 1 is 1.27 bits per heavy atom. The Labute approximate surface area is 154 Å². The number of aryl methyl sites for hydroxylation is 1. The summed E-state index contributed by atoms with van der Waals surface area (Å²) in [6.07, 6.45) is 4.30. The summed E-state index contributed by atoms with van der Waals surface area (Å²) in [5, 5.41) is 15.7. The van der Waals surface area contributed by atoms with Crippen molar-refractivity contribution in [3.63, 3.8) is 0 Å². The molecule has 1 heterocycles. The van der Waals surface area contributed by atoms with Gasteiger partial charge in [0.1, 0.15) is 6.20 Å². The smallest absolute Gasteiger partial charge is 0.307 e. The molecule has 0 aliphatic rings. The largest absolute Gasteiger partial charge is 0.345 e. The van der Waals surface area contributed by atoms with Crippen molar-refractivity contribution in [2.75, 3.05) is 10.6 Å². The van der Waals surface area contributed by atoms with Crippen molar-refractivity contribution in [2.24, 2.45) is 0 Å². The van der Waals surface area contributed by atoms with Crippen LogP contribution in [0.1, 0.15) is 48.5 Å². The first-order chi connectivity index (χ1) is 12.4. The lowest BCUT2D eigenvalue weighted by atomic mass is 10.0. The van der Waals surface area contributed by atoms with Crippen molar-refractivity contribution in [2.45, 2.75) is 39.5 Å². The molecule has 2 aromatic rings. The number of urea groups is 1. The van der Waals surface area contributed by atoms with Crippen LogP contribution in [0.5, 0.6) is 0 Å². The summed E-state index contributed by atoms with van der Waals surface area (Å²) in [6.45, 7) is 3.94. The lowest BCUT2D eigenvalue weighted by molar-refractivity contribution is -0.380. The number of nitrogens with one attached hydrogen (secondary N) is 2. The SMILES string of the molecule is CCCCCC(=O)c1cc(C)ccc1NC(=O)Nc1ncc([N+](=O)[O-])s1. The first-order valence-corrected chi connectivity index (χ1v) is 9.04. The molecule has 8 nitrogen and oxygen atoms in total. The third kappa shape index (κ3) is 5.35. The minimum atomic E-state index is -0.610. The fourth-order valence-electron chi connectivity index (χ4n) is 2.33. The molecule has 9 heteroatoms. The number of hydrogen-bond acceptors (Lipinski definition) is 6. The minimum absolute atomic E-state index is 0.0256. The third-order valence-corrected chi connectivity index (χ3v) is 4.49. The number of hydrogen-bond donors (Lipinski definition) is 2. The van der Waals surface area contributed by atoms with Crippen LogP contribution in [0.25, 0.3) is 0 Å². The van der Waals surface area contributed by atoms with Gasteiger partial charge in [0.25, 0.3) is 0 Å². The molecule has 0 unspecified atom stereocenters. The Bertz CT molecular complexity index is 819. The average Bonchev–Trinajstić information content (AvgIpc) is 3.05. The van der Waals surface area contributed by atoms with Crippen LogP contribution in [0.15, 0.2) is 24.4 Å². The molecule has 0 radical (unpaired) electrons. The van der Waals surface area contributed by atoms with Gasteiger partial charge in [-0.05, 0) is 36.8 Å². The molecule has 0 saturated heterocycles. The molecule has 1 aromatic heterocycles. The molecular weight excluding hydrogens is 356 g/mol. The zero-order valence-corrected chi connectivity index (χ0v) is 15.4. The monoisotopic (exact) mass is 376 g/mol. The normalized spacial score (nSPS) is 10.4. The summed E-state index contributed by atoms with van der Waals surface area (Å²) in [7, 11) is 0. The molecule has 2 N–H and O–H groups in total. The van der Waals surface area contributed by atoms with Gasteiger partial charge in [-0.15, -0.1) is 0 Å². The van der Waals surface area contributed by atoms with Crippen LogP contribution in [0, 0.1) is 17.0 Å². The van der Waals surface area contributed by atoms with E-state index in [9.17, 15) is 19.7 Å². The van der Waals surface area contributed by atoms with Crippen molar-refractivity contribution in [1.82, 2.24) is 4.98 Å². The summed E-state index contributed by atoms with van der Waals surface area (Å²) >= 11 is 0.757. The van der Waals surface area contributed by atoms with E-state index in [1.165, 1.54) is 0 Å². The second-order valence-electron chi connectivity index (χ2n) is 5.77. The molecule has 0 saturated carbocycles. The number of aromatic nitrogens is 1. The maximum Gasteiger partial charge on any atom is 0.345 e. The van der Waals surface area contributed by atoms with Gasteiger partial charge in [0.15, 0.2) is 10.9 Å². The molecule has 2 amide bonds. The highest BCUT2D eigenvalue weighted by Crippen LogP contribution is 2.25. The number of carbonyl (C=O) groups is 2. The van der Waals surface area contributed by atoms with E-state index >= 15 is 0 Å². The van der Waals surface area contributed by atoms with Gasteiger partial charge >= 0.3 is 11.0 Å². The van der Waals surface area contributed by atoms with E-state index in [-0.39, 0.29) is 15.9 Å². The summed E-state index contributed by atoms with van der Waals surface area (Å²) in [5.74, 6) is -0.0256. The number of ketones is 1. The molecule has 1 aromatic carbocycles. The van der Waals surface area contributed by atoms with Crippen molar-refractivity contribution < 1.29 is 14.5 Å². The molecule has 0 aliphatic carbocycles. The number of Topliss-reactive ketones (excluding diaryl/α,β-unsaturated/α-hetero) is 1. The van der Waals surface area contributed by atoms with Gasteiger partial charge in [-0.25, -0.2) is 9.78 Å². The van der Waals surface area contributed by atoms with Gasteiger partial charge in [0.2, 0.25) is 0 Å². The fraction of sp³-hybridized carbons (Fsp3) is 0.353. The number of rotatable bonds is 8. The first kappa shape index (κ1) is 19.5. The number of anilines is 2. The summed E-state index contributed by atoms with van der Waals surface area (Å²) in [4.78, 5) is 38.5. The fourth-order valence-corrected chi connectivity index (χ4v) is 2.95. The number of amides is 2. The van der Waals surface area contributed by atoms with Gasteiger partial charge < -0.3 is 5.32 Å². The number of thiazole rings is 1. The summed E-state index contributed by atoms with van der Waals surface area (Å²) in [5.41, 5.74) is 1.78. The zero-order chi connectivity index (χ0) is 19.1. The molecule has 0 atom stereocenters. The molecule has 0 aliphatic heterocycles. The van der Waals surface area contributed by atoms with Crippen molar-refractivity contribution in [1.29, 1.82) is 0 Å². The van der Waals surface area contributed by atoms with Crippen LogP contribution >= 0.6 is 11.3 Å². The highest BCUT2D eigenvalue weighted by molar-refractivity contribution is 7.18. The molecule has 0 fully saturated rings. The van der Waals surface area contributed by atoms with Gasteiger partial charge in [-0.3, -0.25) is 20.2 Å². The van der Waals surface area contributed by atoms with E-state index < -0.39 is 11.0 Å². The predicted molar refractivity (Wildman–Crippen MR) is 101 cm³/mol. The Hall–Kier alpha value is -2.81. The first-order valence-electron chi connectivity index (χ1n) is 8.22. The van der Waals surface area contributed by atoms with E-state index in [0.717, 1.165) is 42.4 Å². The minimum Gasteiger partial charge on any atom is -0.307 e. The molecular formula is C17H20N4O4S. The second kappa shape index (κ2) is 9.04. The lowest BCUT2D eigenvalue weighted by Crippen LogP contribution is -2.21. The highest BCUT2D eigenvalue weighted by Gasteiger charge is 2.16. The highest BCUT2D eigenvalue weighted by atomic mass is 32.1. The average molecular weight is 376 g/mol. The maximum absolute atomic E-state index is 12.5. The van der Waals surface area contributed by atoms with E-state index in [1.54, 1.807) is 18.2 Å². The Morgan fingerprint density at radius 3 is 2.69 bits per heavy atom. The number of unbranched alkanes of at least 4 members (excludes halogenated alkanes) is 2. The molecule has 138 valence electrons. The quantitative estimate of drug-likeness (QED) is 0.298. The van der Waals surface area contributed by atoms with Gasteiger partial charge in [0, 0.05) is 12.0 Å². The molecule has 0 bridgehead atoms. The number of nitrogens with zero attached hydrogens (tertiary/aromatic N) is 2. The third-order valence-electron chi connectivity index (χ3n) is 3.62. The van der Waals surface area contributed by atoms with Crippen molar-refractivity contribution >= 4 is 39.0 Å². The zero-order valence-electron chi connectivity index (χ0n) is 14.6.